The molecule has 0 spiro atoms. The number of anilines is 2. The molecule has 0 saturated heterocycles. The minimum atomic E-state index is -0.616. The molecule has 0 fully saturated rings. The van der Waals surface area contributed by atoms with E-state index in [4.69, 9.17) is 25.0 Å². The minimum absolute atomic E-state index is 0.337. The first-order valence-electron chi connectivity index (χ1n) is 11.2. The van der Waals surface area contributed by atoms with Gasteiger partial charge in [-0.05, 0) is 50.6 Å². The molecule has 11 nitrogen and oxygen atoms in total. The number of nitrogens with two attached hydrogens (primary N) is 1. The highest BCUT2D eigenvalue weighted by Gasteiger charge is 2.22. The van der Waals surface area contributed by atoms with Crippen molar-refractivity contribution in [2.45, 2.75) is 39.5 Å². The normalized spacial score (nSPS) is 13.5. The molecule has 5 rings (SSSR count). The molecule has 182 valence electrons. The number of rotatable bonds is 4. The topological polar surface area (TPSA) is 131 Å². The standard InChI is InChI=1S/C24H27N7O4/c1-24(2,3)35-23(32)28-17-6-5-14(9-20(17)33-4)16-11-19(31-21(16)22(25)26-13-27-31)18-10-15-12-34-8-7-30(15)29-18/h5-6,9-11,13H,7-8,12H2,1-4H3,(H,28,32)(H2,25,26,27). The number of carbonyl (C=O) groups excluding carboxylic acids is 1. The van der Waals surface area contributed by atoms with Crippen molar-refractivity contribution in [3.8, 4) is 28.3 Å². The zero-order chi connectivity index (χ0) is 24.7. The summed E-state index contributed by atoms with van der Waals surface area (Å²) in [6, 6.07) is 9.42. The molecule has 11 heteroatoms. The number of nitrogens with zero attached hydrogens (tertiary/aromatic N) is 5. The Hall–Kier alpha value is -4.12. The highest BCUT2D eigenvalue weighted by Crippen LogP contribution is 2.38. The maximum Gasteiger partial charge on any atom is 0.412 e. The second-order valence-electron chi connectivity index (χ2n) is 9.19. The zero-order valence-corrected chi connectivity index (χ0v) is 20.0. The highest BCUT2D eigenvalue weighted by atomic mass is 16.6. The molecule has 4 heterocycles. The predicted octanol–water partition coefficient (Wildman–Crippen LogP) is 3.73. The van der Waals surface area contributed by atoms with Crippen LogP contribution in [0.3, 0.4) is 0 Å². The van der Waals surface area contributed by atoms with Crippen molar-refractivity contribution in [1.29, 1.82) is 0 Å². The van der Waals surface area contributed by atoms with Crippen LogP contribution in [-0.2, 0) is 22.6 Å². The number of aromatic nitrogens is 5. The number of methoxy groups -OCH3 is 1. The van der Waals surface area contributed by atoms with Crippen LogP contribution in [0.15, 0.2) is 36.7 Å². The van der Waals surface area contributed by atoms with Crippen molar-refractivity contribution in [2.75, 3.05) is 24.8 Å². The maximum atomic E-state index is 12.3. The van der Waals surface area contributed by atoms with Crippen LogP contribution in [0.1, 0.15) is 26.5 Å². The van der Waals surface area contributed by atoms with E-state index in [0.717, 1.165) is 28.2 Å². The molecule has 0 atom stereocenters. The Morgan fingerprint density at radius 1 is 1.23 bits per heavy atom. The molecular weight excluding hydrogens is 450 g/mol. The van der Waals surface area contributed by atoms with Crippen LogP contribution in [-0.4, -0.2) is 49.8 Å². The molecule has 0 unspecified atom stereocenters. The first kappa shape index (κ1) is 22.7. The Kier molecular flexibility index (Phi) is 5.56. The van der Waals surface area contributed by atoms with Crippen LogP contribution in [0.5, 0.6) is 5.75 Å². The molecule has 0 radical (unpaired) electrons. The van der Waals surface area contributed by atoms with Gasteiger partial charge in [0.1, 0.15) is 28.9 Å². The van der Waals surface area contributed by atoms with Crippen LogP contribution in [0.4, 0.5) is 16.3 Å². The average Bonchev–Trinajstić information content (AvgIpc) is 3.40. The number of nitrogen functional groups attached to an aromatic ring is 1. The SMILES string of the molecule is COc1cc(-c2cc(-c3cc4n(n3)CCOC4)n3ncnc(N)c23)ccc1NC(=O)OC(C)(C)C. The van der Waals surface area contributed by atoms with Gasteiger partial charge < -0.3 is 19.9 Å². The number of benzene rings is 1. The second kappa shape index (κ2) is 8.58. The maximum absolute atomic E-state index is 12.3. The van der Waals surface area contributed by atoms with E-state index < -0.39 is 11.7 Å². The van der Waals surface area contributed by atoms with Gasteiger partial charge in [0.15, 0.2) is 5.82 Å². The van der Waals surface area contributed by atoms with E-state index in [9.17, 15) is 4.79 Å². The van der Waals surface area contributed by atoms with Crippen LogP contribution in [0, 0.1) is 0 Å². The number of fused-ring (bicyclic) bond motifs is 2. The van der Waals surface area contributed by atoms with E-state index >= 15 is 0 Å². The summed E-state index contributed by atoms with van der Waals surface area (Å²) in [6.07, 6.45) is 0.855. The smallest absolute Gasteiger partial charge is 0.412 e. The third kappa shape index (κ3) is 4.37. The van der Waals surface area contributed by atoms with Gasteiger partial charge in [0, 0.05) is 5.56 Å². The minimum Gasteiger partial charge on any atom is -0.495 e. The number of hydrogen-bond donors (Lipinski definition) is 2. The summed E-state index contributed by atoms with van der Waals surface area (Å²) < 4.78 is 20.2. The fourth-order valence-electron chi connectivity index (χ4n) is 4.06. The van der Waals surface area contributed by atoms with E-state index in [1.807, 2.05) is 28.9 Å². The lowest BCUT2D eigenvalue weighted by atomic mass is 10.1. The number of carbonyl (C=O) groups is 1. The van der Waals surface area contributed by atoms with Gasteiger partial charge >= 0.3 is 6.09 Å². The predicted molar refractivity (Wildman–Crippen MR) is 130 cm³/mol. The van der Waals surface area contributed by atoms with Crippen molar-refractivity contribution in [1.82, 2.24) is 24.4 Å². The summed E-state index contributed by atoms with van der Waals surface area (Å²) in [5, 5.41) is 11.9. The van der Waals surface area contributed by atoms with Crippen molar-refractivity contribution >= 4 is 23.1 Å². The monoisotopic (exact) mass is 477 g/mol. The lowest BCUT2D eigenvalue weighted by molar-refractivity contribution is 0.0635. The van der Waals surface area contributed by atoms with Gasteiger partial charge in [-0.1, -0.05) is 6.07 Å². The van der Waals surface area contributed by atoms with Crippen LogP contribution < -0.4 is 15.8 Å². The van der Waals surface area contributed by atoms with Gasteiger partial charge in [-0.15, -0.1) is 0 Å². The Bertz CT molecular complexity index is 1390. The third-order valence-electron chi connectivity index (χ3n) is 5.55. The van der Waals surface area contributed by atoms with Gasteiger partial charge in [-0.25, -0.2) is 14.3 Å². The van der Waals surface area contributed by atoms with E-state index in [-0.39, 0.29) is 0 Å². The first-order chi connectivity index (χ1) is 16.7. The second-order valence-corrected chi connectivity index (χ2v) is 9.19. The van der Waals surface area contributed by atoms with Crippen LogP contribution in [0.25, 0.3) is 28.0 Å². The summed E-state index contributed by atoms with van der Waals surface area (Å²) in [5.41, 5.74) is 11.0. The number of ether oxygens (including phenoxy) is 3. The zero-order valence-electron chi connectivity index (χ0n) is 20.0. The van der Waals surface area contributed by atoms with Gasteiger partial charge in [0.2, 0.25) is 0 Å². The summed E-state index contributed by atoms with van der Waals surface area (Å²) in [6.45, 7) is 7.26. The summed E-state index contributed by atoms with van der Waals surface area (Å²) >= 11 is 0. The van der Waals surface area contributed by atoms with Crippen LogP contribution in [0.2, 0.25) is 0 Å². The molecule has 0 bridgehead atoms. The highest BCUT2D eigenvalue weighted by molar-refractivity contribution is 5.93. The molecule has 0 aliphatic carbocycles. The Labute approximate surface area is 201 Å². The fraction of sp³-hybridized carbons (Fsp3) is 0.333. The Balaban J connectivity index is 1.57. The lowest BCUT2D eigenvalue weighted by Crippen LogP contribution is -2.27. The third-order valence-corrected chi connectivity index (χ3v) is 5.55. The van der Waals surface area contributed by atoms with Gasteiger partial charge in [-0.2, -0.15) is 10.2 Å². The van der Waals surface area contributed by atoms with Crippen molar-refractivity contribution in [2.24, 2.45) is 0 Å². The van der Waals surface area contributed by atoms with Gasteiger partial charge in [0.05, 0.1) is 43.9 Å². The quantitative estimate of drug-likeness (QED) is 0.455. The molecule has 3 aromatic heterocycles. The van der Waals surface area contributed by atoms with E-state index in [1.54, 1.807) is 31.4 Å². The average molecular weight is 478 g/mol. The fourth-order valence-corrected chi connectivity index (χ4v) is 4.06. The van der Waals surface area contributed by atoms with Crippen molar-refractivity contribution in [3.05, 3.63) is 42.4 Å². The molecule has 4 aromatic rings. The van der Waals surface area contributed by atoms with Gasteiger partial charge in [-0.3, -0.25) is 10.00 Å². The van der Waals surface area contributed by atoms with Crippen molar-refractivity contribution in [3.63, 3.8) is 0 Å². The van der Waals surface area contributed by atoms with Crippen LogP contribution >= 0.6 is 0 Å². The summed E-state index contributed by atoms with van der Waals surface area (Å²) in [5.74, 6) is 0.808. The molecule has 35 heavy (non-hydrogen) atoms. The van der Waals surface area contributed by atoms with E-state index in [1.165, 1.54) is 13.4 Å². The molecule has 0 saturated carbocycles. The largest absolute Gasteiger partial charge is 0.495 e. The van der Waals surface area contributed by atoms with E-state index in [2.05, 4.69) is 15.4 Å². The molecule has 1 amide bonds. The number of nitrogens with one attached hydrogen (secondary N) is 1. The van der Waals surface area contributed by atoms with Crippen molar-refractivity contribution < 1.29 is 19.0 Å². The first-order valence-corrected chi connectivity index (χ1v) is 11.2. The molecule has 1 aromatic carbocycles. The van der Waals surface area contributed by atoms with Gasteiger partial charge in [0.25, 0.3) is 0 Å². The number of hydrogen-bond acceptors (Lipinski definition) is 8. The molecular formula is C24H27N7O4. The lowest BCUT2D eigenvalue weighted by Gasteiger charge is -2.20. The molecule has 1 aliphatic heterocycles. The van der Waals surface area contributed by atoms with E-state index in [0.29, 0.717) is 42.5 Å². The molecule has 1 aliphatic rings. The summed E-state index contributed by atoms with van der Waals surface area (Å²) in [4.78, 5) is 16.5. The Morgan fingerprint density at radius 3 is 2.80 bits per heavy atom. The number of amides is 1. The summed E-state index contributed by atoms with van der Waals surface area (Å²) in [7, 11) is 1.54. The Morgan fingerprint density at radius 2 is 2.06 bits per heavy atom. The molecule has 3 N–H and O–H groups in total.